The van der Waals surface area contributed by atoms with E-state index in [2.05, 4.69) is 54.2 Å². The summed E-state index contributed by atoms with van der Waals surface area (Å²) in [6.45, 7) is 9.03. The van der Waals surface area contributed by atoms with Gasteiger partial charge in [-0.3, -0.25) is 0 Å². The van der Waals surface area contributed by atoms with Crippen LogP contribution in [0.3, 0.4) is 0 Å². The Labute approximate surface area is 113 Å². The maximum atomic E-state index is 5.90. The van der Waals surface area contributed by atoms with Crippen LogP contribution in [-0.4, -0.2) is 13.2 Å². The minimum atomic E-state index is 0.804. The Morgan fingerprint density at radius 1 is 1.29 bits per heavy atom. The molecule has 96 valence electrons. The normalized spacial score (nSPS) is 10.6. The van der Waals surface area contributed by atoms with Crippen LogP contribution in [0.15, 0.2) is 16.6 Å². The van der Waals surface area contributed by atoms with Gasteiger partial charge in [-0.15, -0.1) is 0 Å². The third-order valence-corrected chi connectivity index (χ3v) is 3.08. The largest absolute Gasteiger partial charge is 0.493 e. The number of aryl methyl sites for hydroxylation is 1. The van der Waals surface area contributed by atoms with Crippen molar-refractivity contribution in [2.24, 2.45) is 0 Å². The van der Waals surface area contributed by atoms with Crippen molar-refractivity contribution in [2.45, 2.75) is 40.2 Å². The van der Waals surface area contributed by atoms with Crippen LogP contribution in [-0.2, 0) is 6.54 Å². The summed E-state index contributed by atoms with van der Waals surface area (Å²) in [5.41, 5.74) is 2.43. The molecule has 0 saturated heterocycles. The molecule has 0 atom stereocenters. The highest BCUT2D eigenvalue weighted by Crippen LogP contribution is 2.28. The summed E-state index contributed by atoms with van der Waals surface area (Å²) in [6, 6.07) is 4.24. The predicted molar refractivity (Wildman–Crippen MR) is 76.7 cm³/mol. The van der Waals surface area contributed by atoms with Gasteiger partial charge < -0.3 is 10.1 Å². The van der Waals surface area contributed by atoms with Gasteiger partial charge in [0.05, 0.1) is 6.61 Å². The van der Waals surface area contributed by atoms with Crippen LogP contribution in [0.5, 0.6) is 5.75 Å². The number of hydrogen-bond acceptors (Lipinski definition) is 2. The molecule has 0 amide bonds. The molecular formula is C14H22BrNO. The fourth-order valence-electron chi connectivity index (χ4n) is 1.72. The Morgan fingerprint density at radius 2 is 2.06 bits per heavy atom. The fourth-order valence-corrected chi connectivity index (χ4v) is 2.34. The quantitative estimate of drug-likeness (QED) is 0.767. The van der Waals surface area contributed by atoms with E-state index in [4.69, 9.17) is 4.74 Å². The summed E-state index contributed by atoms with van der Waals surface area (Å²) in [5, 5.41) is 3.35. The van der Waals surface area contributed by atoms with Crippen molar-refractivity contribution in [3.63, 3.8) is 0 Å². The van der Waals surface area contributed by atoms with Crippen LogP contribution in [0.2, 0.25) is 0 Å². The first kappa shape index (κ1) is 14.5. The average molecular weight is 300 g/mol. The Morgan fingerprint density at radius 3 is 2.71 bits per heavy atom. The van der Waals surface area contributed by atoms with E-state index in [-0.39, 0.29) is 0 Å². The van der Waals surface area contributed by atoms with Gasteiger partial charge in [-0.05, 0) is 37.6 Å². The predicted octanol–water partition coefficient (Wildman–Crippen LogP) is 4.05. The molecule has 0 aromatic heterocycles. The smallest absolute Gasteiger partial charge is 0.126 e. The molecule has 0 radical (unpaired) electrons. The summed E-state index contributed by atoms with van der Waals surface area (Å²) in [6.07, 6.45) is 2.27. The first-order valence-corrected chi connectivity index (χ1v) is 7.10. The summed E-state index contributed by atoms with van der Waals surface area (Å²) < 4.78 is 7.02. The van der Waals surface area contributed by atoms with Crippen LogP contribution in [0.25, 0.3) is 0 Å². The number of unbranched alkanes of at least 4 members (excludes halogenated alkanes) is 1. The lowest BCUT2D eigenvalue weighted by Gasteiger charge is -2.15. The second-order valence-corrected chi connectivity index (χ2v) is 5.11. The number of halogens is 1. The van der Waals surface area contributed by atoms with Crippen molar-refractivity contribution in [3.8, 4) is 5.75 Å². The topological polar surface area (TPSA) is 21.3 Å². The Bertz CT molecular complexity index is 352. The van der Waals surface area contributed by atoms with Gasteiger partial charge in [-0.2, -0.15) is 0 Å². The molecular weight excluding hydrogens is 278 g/mol. The Kier molecular flexibility index (Phi) is 6.60. The molecule has 2 nitrogen and oxygen atoms in total. The Balaban J connectivity index is 2.82. The highest BCUT2D eigenvalue weighted by atomic mass is 79.9. The third-order valence-electron chi connectivity index (χ3n) is 2.63. The molecule has 0 unspecified atom stereocenters. The monoisotopic (exact) mass is 299 g/mol. The first-order valence-electron chi connectivity index (χ1n) is 6.31. The molecule has 0 aliphatic carbocycles. The maximum absolute atomic E-state index is 5.90. The number of benzene rings is 1. The highest BCUT2D eigenvalue weighted by molar-refractivity contribution is 9.10. The summed E-state index contributed by atoms with van der Waals surface area (Å²) in [5.74, 6) is 1.04. The zero-order valence-corrected chi connectivity index (χ0v) is 12.6. The van der Waals surface area contributed by atoms with Gasteiger partial charge in [0.1, 0.15) is 5.75 Å². The molecule has 0 bridgehead atoms. The van der Waals surface area contributed by atoms with Gasteiger partial charge in [-0.1, -0.05) is 36.2 Å². The van der Waals surface area contributed by atoms with E-state index in [1.165, 1.54) is 11.1 Å². The zero-order chi connectivity index (χ0) is 12.7. The van der Waals surface area contributed by atoms with Crippen molar-refractivity contribution in [1.29, 1.82) is 0 Å². The van der Waals surface area contributed by atoms with Crippen LogP contribution in [0.1, 0.15) is 37.8 Å². The molecule has 1 rings (SSSR count). The van der Waals surface area contributed by atoms with Crippen LogP contribution in [0.4, 0.5) is 0 Å². The minimum absolute atomic E-state index is 0.804. The maximum Gasteiger partial charge on any atom is 0.126 e. The first-order chi connectivity index (χ1) is 8.19. The van der Waals surface area contributed by atoms with E-state index in [9.17, 15) is 0 Å². The molecule has 17 heavy (non-hydrogen) atoms. The second-order valence-electron chi connectivity index (χ2n) is 4.19. The van der Waals surface area contributed by atoms with E-state index < -0.39 is 0 Å². The van der Waals surface area contributed by atoms with Crippen LogP contribution < -0.4 is 10.1 Å². The minimum Gasteiger partial charge on any atom is -0.493 e. The number of hydrogen-bond donors (Lipinski definition) is 1. The number of rotatable bonds is 7. The molecule has 3 heteroatoms. The zero-order valence-electron chi connectivity index (χ0n) is 11.0. The van der Waals surface area contributed by atoms with Crippen molar-refractivity contribution >= 4 is 15.9 Å². The summed E-state index contributed by atoms with van der Waals surface area (Å²) in [7, 11) is 0. The van der Waals surface area contributed by atoms with Gasteiger partial charge >= 0.3 is 0 Å². The van der Waals surface area contributed by atoms with Crippen LogP contribution in [0, 0.1) is 6.92 Å². The number of ether oxygens (including phenoxy) is 1. The van der Waals surface area contributed by atoms with E-state index in [1.54, 1.807) is 0 Å². The van der Waals surface area contributed by atoms with E-state index in [0.717, 1.165) is 42.8 Å². The van der Waals surface area contributed by atoms with E-state index in [1.807, 2.05) is 0 Å². The van der Waals surface area contributed by atoms with Crippen molar-refractivity contribution in [2.75, 3.05) is 13.2 Å². The van der Waals surface area contributed by atoms with Crippen molar-refractivity contribution < 1.29 is 4.74 Å². The van der Waals surface area contributed by atoms with Gasteiger partial charge in [0.2, 0.25) is 0 Å². The molecule has 0 aliphatic heterocycles. The lowest BCUT2D eigenvalue weighted by molar-refractivity contribution is 0.303. The van der Waals surface area contributed by atoms with Gasteiger partial charge in [0.15, 0.2) is 0 Å². The average Bonchev–Trinajstić information content (AvgIpc) is 2.29. The molecule has 1 N–H and O–H groups in total. The second kappa shape index (κ2) is 7.72. The molecule has 1 aromatic rings. The van der Waals surface area contributed by atoms with E-state index >= 15 is 0 Å². The highest BCUT2D eigenvalue weighted by Gasteiger charge is 2.08. The molecule has 0 saturated carbocycles. The molecule has 1 aromatic carbocycles. The van der Waals surface area contributed by atoms with Gasteiger partial charge in [0.25, 0.3) is 0 Å². The van der Waals surface area contributed by atoms with Crippen molar-refractivity contribution in [1.82, 2.24) is 5.32 Å². The number of nitrogens with one attached hydrogen (secondary N) is 1. The third kappa shape index (κ3) is 4.68. The molecule has 0 fully saturated rings. The summed E-state index contributed by atoms with van der Waals surface area (Å²) in [4.78, 5) is 0. The fraction of sp³-hybridized carbons (Fsp3) is 0.571. The molecule has 0 spiro atoms. The lowest BCUT2D eigenvalue weighted by Crippen LogP contribution is -2.13. The van der Waals surface area contributed by atoms with Crippen LogP contribution >= 0.6 is 15.9 Å². The van der Waals surface area contributed by atoms with Gasteiger partial charge in [0, 0.05) is 16.6 Å². The summed E-state index contributed by atoms with van der Waals surface area (Å²) >= 11 is 3.54. The van der Waals surface area contributed by atoms with E-state index in [0.29, 0.717) is 0 Å². The van der Waals surface area contributed by atoms with Crippen molar-refractivity contribution in [3.05, 3.63) is 27.7 Å². The van der Waals surface area contributed by atoms with Gasteiger partial charge in [-0.25, -0.2) is 0 Å². The molecule has 0 heterocycles. The SMILES string of the molecule is CCCCOc1c(C)cc(Br)cc1CNCC. The lowest BCUT2D eigenvalue weighted by atomic mass is 10.1. The Hall–Kier alpha value is -0.540. The molecule has 0 aliphatic rings. The standard InChI is InChI=1S/C14H22BrNO/c1-4-6-7-17-14-11(3)8-13(15)9-12(14)10-16-5-2/h8-9,16H,4-7,10H2,1-3H3.